The van der Waals surface area contributed by atoms with E-state index in [-0.39, 0.29) is 0 Å². The van der Waals surface area contributed by atoms with Crippen LogP contribution in [0.5, 0.6) is 5.88 Å². The maximum atomic E-state index is 5.43. The molecule has 0 spiro atoms. The first kappa shape index (κ1) is 12.2. The van der Waals surface area contributed by atoms with Crippen LogP contribution in [0.2, 0.25) is 0 Å². The zero-order valence-electron chi connectivity index (χ0n) is 10.5. The number of aromatic nitrogens is 1. The molecule has 0 bridgehead atoms. The Morgan fingerprint density at radius 1 is 1.35 bits per heavy atom. The van der Waals surface area contributed by atoms with Crippen molar-refractivity contribution in [1.82, 2.24) is 4.98 Å². The molecule has 17 heavy (non-hydrogen) atoms. The molecular weight excluding hydrogens is 216 g/mol. The van der Waals surface area contributed by atoms with Crippen LogP contribution in [0.3, 0.4) is 0 Å². The van der Waals surface area contributed by atoms with E-state index in [9.17, 15) is 0 Å². The van der Waals surface area contributed by atoms with Crippen molar-refractivity contribution < 1.29 is 9.47 Å². The zero-order valence-corrected chi connectivity index (χ0v) is 10.5. The third-order valence-electron chi connectivity index (χ3n) is 3.28. The molecule has 1 aromatic heterocycles. The first-order chi connectivity index (χ1) is 8.33. The van der Waals surface area contributed by atoms with E-state index in [4.69, 9.17) is 9.47 Å². The van der Waals surface area contributed by atoms with E-state index < -0.39 is 0 Å². The summed E-state index contributed by atoms with van der Waals surface area (Å²) in [7, 11) is 3.43. The van der Waals surface area contributed by atoms with Crippen molar-refractivity contribution in [2.24, 2.45) is 0 Å². The van der Waals surface area contributed by atoms with Gasteiger partial charge in [0.15, 0.2) is 0 Å². The number of hydrogen-bond acceptors (Lipinski definition) is 4. The summed E-state index contributed by atoms with van der Waals surface area (Å²) < 4.78 is 10.7. The SMILES string of the molecule is COc1ncccc1NC1CCCC(OC)C1. The first-order valence-electron chi connectivity index (χ1n) is 6.12. The van der Waals surface area contributed by atoms with Crippen LogP contribution in [0.25, 0.3) is 0 Å². The molecule has 0 radical (unpaired) electrons. The van der Waals surface area contributed by atoms with Crippen molar-refractivity contribution in [3.63, 3.8) is 0 Å². The lowest BCUT2D eigenvalue weighted by molar-refractivity contribution is 0.0669. The molecule has 1 saturated carbocycles. The molecule has 1 fully saturated rings. The quantitative estimate of drug-likeness (QED) is 0.872. The largest absolute Gasteiger partial charge is 0.480 e. The maximum absolute atomic E-state index is 5.43. The van der Waals surface area contributed by atoms with Gasteiger partial charge < -0.3 is 14.8 Å². The minimum Gasteiger partial charge on any atom is -0.480 e. The minimum atomic E-state index is 0.379. The van der Waals surface area contributed by atoms with Crippen LogP contribution in [-0.4, -0.2) is 31.3 Å². The van der Waals surface area contributed by atoms with E-state index in [0.717, 1.165) is 12.1 Å². The second kappa shape index (κ2) is 5.87. The Labute approximate surface area is 102 Å². The predicted molar refractivity (Wildman–Crippen MR) is 67.5 cm³/mol. The molecule has 0 aromatic carbocycles. The molecular formula is C13H20N2O2. The summed E-state index contributed by atoms with van der Waals surface area (Å²) in [4.78, 5) is 4.19. The van der Waals surface area contributed by atoms with Gasteiger partial charge in [-0.05, 0) is 37.8 Å². The molecule has 1 aliphatic carbocycles. The van der Waals surface area contributed by atoms with E-state index in [0.29, 0.717) is 18.0 Å². The van der Waals surface area contributed by atoms with Crippen LogP contribution in [0.1, 0.15) is 25.7 Å². The minimum absolute atomic E-state index is 0.379. The number of hydrogen-bond donors (Lipinski definition) is 1. The Bertz CT molecular complexity index is 357. The molecule has 1 aromatic rings. The highest BCUT2D eigenvalue weighted by Crippen LogP contribution is 2.27. The number of ether oxygens (including phenoxy) is 2. The van der Waals surface area contributed by atoms with Crippen LogP contribution in [0, 0.1) is 0 Å². The number of nitrogens with one attached hydrogen (secondary N) is 1. The molecule has 0 aliphatic heterocycles. The van der Waals surface area contributed by atoms with Crippen LogP contribution >= 0.6 is 0 Å². The normalized spacial score (nSPS) is 24.4. The molecule has 4 heteroatoms. The summed E-state index contributed by atoms with van der Waals surface area (Å²) in [6.07, 6.45) is 6.72. The fourth-order valence-corrected chi connectivity index (χ4v) is 2.37. The van der Waals surface area contributed by atoms with Gasteiger partial charge in [-0.15, -0.1) is 0 Å². The smallest absolute Gasteiger partial charge is 0.237 e. The average molecular weight is 236 g/mol. The van der Waals surface area contributed by atoms with Gasteiger partial charge in [0.25, 0.3) is 0 Å². The van der Waals surface area contributed by atoms with Crippen molar-refractivity contribution in [3.05, 3.63) is 18.3 Å². The molecule has 1 heterocycles. The summed E-state index contributed by atoms with van der Waals surface area (Å²) >= 11 is 0. The topological polar surface area (TPSA) is 43.4 Å². The number of rotatable bonds is 4. The van der Waals surface area contributed by atoms with Gasteiger partial charge in [0.2, 0.25) is 5.88 Å². The summed E-state index contributed by atoms with van der Waals surface area (Å²) in [5, 5.41) is 3.50. The standard InChI is InChI=1S/C13H20N2O2/c1-16-11-6-3-5-10(9-11)15-12-7-4-8-14-13(12)17-2/h4,7-8,10-11,15H,3,5-6,9H2,1-2H3. The summed E-state index contributed by atoms with van der Waals surface area (Å²) in [5.74, 6) is 0.659. The highest BCUT2D eigenvalue weighted by Gasteiger charge is 2.22. The zero-order chi connectivity index (χ0) is 12.1. The van der Waals surface area contributed by atoms with Crippen LogP contribution in [0.4, 0.5) is 5.69 Å². The lowest BCUT2D eigenvalue weighted by atomic mass is 9.92. The van der Waals surface area contributed by atoms with Crippen molar-refractivity contribution in [2.45, 2.75) is 37.8 Å². The number of methoxy groups -OCH3 is 2. The second-order valence-corrected chi connectivity index (χ2v) is 4.43. The Morgan fingerprint density at radius 3 is 3.00 bits per heavy atom. The lowest BCUT2D eigenvalue weighted by Crippen LogP contribution is -2.31. The van der Waals surface area contributed by atoms with Gasteiger partial charge >= 0.3 is 0 Å². The molecule has 1 aliphatic rings. The fourth-order valence-electron chi connectivity index (χ4n) is 2.37. The van der Waals surface area contributed by atoms with E-state index >= 15 is 0 Å². The highest BCUT2D eigenvalue weighted by atomic mass is 16.5. The van der Waals surface area contributed by atoms with Gasteiger partial charge in [-0.25, -0.2) is 4.98 Å². The van der Waals surface area contributed by atoms with Gasteiger partial charge in [-0.1, -0.05) is 0 Å². The lowest BCUT2D eigenvalue weighted by Gasteiger charge is -2.29. The third-order valence-corrected chi connectivity index (χ3v) is 3.28. The van der Waals surface area contributed by atoms with Gasteiger partial charge in [0, 0.05) is 19.3 Å². The van der Waals surface area contributed by atoms with Crippen LogP contribution in [-0.2, 0) is 4.74 Å². The summed E-state index contributed by atoms with van der Waals surface area (Å²) in [6, 6.07) is 4.37. The van der Waals surface area contributed by atoms with Crippen molar-refractivity contribution >= 4 is 5.69 Å². The van der Waals surface area contributed by atoms with E-state index in [1.54, 1.807) is 20.4 Å². The average Bonchev–Trinajstić information content (AvgIpc) is 2.39. The summed E-state index contributed by atoms with van der Waals surface area (Å²) in [6.45, 7) is 0. The third kappa shape index (κ3) is 3.09. The summed E-state index contributed by atoms with van der Waals surface area (Å²) in [5.41, 5.74) is 0.969. The fraction of sp³-hybridized carbons (Fsp3) is 0.615. The van der Waals surface area contributed by atoms with Crippen molar-refractivity contribution in [3.8, 4) is 5.88 Å². The Kier molecular flexibility index (Phi) is 4.20. The van der Waals surface area contributed by atoms with Gasteiger partial charge in [0.1, 0.15) is 0 Å². The van der Waals surface area contributed by atoms with E-state index in [2.05, 4.69) is 10.3 Å². The van der Waals surface area contributed by atoms with Crippen molar-refractivity contribution in [2.75, 3.05) is 19.5 Å². The molecule has 2 unspecified atom stereocenters. The van der Waals surface area contributed by atoms with Gasteiger partial charge in [-0.2, -0.15) is 0 Å². The van der Waals surface area contributed by atoms with E-state index in [1.165, 1.54) is 19.3 Å². The van der Waals surface area contributed by atoms with Crippen LogP contribution in [0.15, 0.2) is 18.3 Å². The van der Waals surface area contributed by atoms with Crippen LogP contribution < -0.4 is 10.1 Å². The predicted octanol–water partition coefficient (Wildman–Crippen LogP) is 2.46. The van der Waals surface area contributed by atoms with Gasteiger partial charge in [0.05, 0.1) is 18.9 Å². The number of anilines is 1. The molecule has 94 valence electrons. The molecule has 1 N–H and O–H groups in total. The highest BCUT2D eigenvalue weighted by molar-refractivity contribution is 5.52. The first-order valence-corrected chi connectivity index (χ1v) is 6.12. The Hall–Kier alpha value is -1.29. The molecule has 2 rings (SSSR count). The Balaban J connectivity index is 2.00. The second-order valence-electron chi connectivity index (χ2n) is 4.43. The molecule has 2 atom stereocenters. The van der Waals surface area contributed by atoms with E-state index in [1.807, 2.05) is 12.1 Å². The molecule has 4 nitrogen and oxygen atoms in total. The number of pyridine rings is 1. The molecule has 0 amide bonds. The Morgan fingerprint density at radius 2 is 2.24 bits per heavy atom. The molecule has 0 saturated heterocycles. The monoisotopic (exact) mass is 236 g/mol. The van der Waals surface area contributed by atoms with Crippen molar-refractivity contribution in [1.29, 1.82) is 0 Å². The maximum Gasteiger partial charge on any atom is 0.237 e. The number of nitrogens with zero attached hydrogens (tertiary/aromatic N) is 1. The van der Waals surface area contributed by atoms with Gasteiger partial charge in [-0.3, -0.25) is 0 Å².